The van der Waals surface area contributed by atoms with Gasteiger partial charge in [-0.05, 0) is 30.9 Å². The topological polar surface area (TPSA) is 75.4 Å². The fourth-order valence-electron chi connectivity index (χ4n) is 2.07. The summed E-state index contributed by atoms with van der Waals surface area (Å²) in [6.07, 6.45) is 2.55. The van der Waals surface area contributed by atoms with E-state index in [0.717, 1.165) is 18.5 Å². The van der Waals surface area contributed by atoms with Crippen molar-refractivity contribution >= 4 is 17.5 Å². The van der Waals surface area contributed by atoms with E-state index in [4.69, 9.17) is 5.73 Å². The van der Waals surface area contributed by atoms with E-state index < -0.39 is 0 Å². The molecular formula is C15H21N3O2. The first-order chi connectivity index (χ1) is 9.56. The van der Waals surface area contributed by atoms with Crippen LogP contribution >= 0.6 is 0 Å². The minimum Gasteiger partial charge on any atom is -0.336 e. The number of likely N-dealkylation sites (N-methyl/N-ethyl adjacent to an activating group) is 1. The third-order valence-corrected chi connectivity index (χ3v) is 3.50. The second-order valence-electron chi connectivity index (χ2n) is 5.37. The molecule has 2 rings (SSSR count). The molecule has 0 bridgehead atoms. The Labute approximate surface area is 119 Å². The zero-order valence-corrected chi connectivity index (χ0v) is 11.7. The molecule has 0 radical (unpaired) electrons. The van der Waals surface area contributed by atoms with E-state index in [2.05, 4.69) is 5.32 Å². The summed E-state index contributed by atoms with van der Waals surface area (Å²) in [4.78, 5) is 25.2. The Morgan fingerprint density at radius 3 is 2.60 bits per heavy atom. The predicted molar refractivity (Wildman–Crippen MR) is 78.0 cm³/mol. The van der Waals surface area contributed by atoms with Gasteiger partial charge < -0.3 is 16.0 Å². The summed E-state index contributed by atoms with van der Waals surface area (Å²) in [6.45, 7) is 0.0467. The van der Waals surface area contributed by atoms with E-state index in [1.807, 2.05) is 30.3 Å². The summed E-state index contributed by atoms with van der Waals surface area (Å²) in [6, 6.07) is 9.12. The number of amides is 2. The van der Waals surface area contributed by atoms with Crippen LogP contribution in [0.1, 0.15) is 19.3 Å². The van der Waals surface area contributed by atoms with Gasteiger partial charge >= 0.3 is 0 Å². The molecule has 1 atom stereocenters. The minimum absolute atomic E-state index is 0.0467. The Balaban J connectivity index is 1.76. The van der Waals surface area contributed by atoms with Crippen LogP contribution in [-0.4, -0.2) is 36.3 Å². The molecule has 108 valence electrons. The molecule has 1 fully saturated rings. The van der Waals surface area contributed by atoms with E-state index in [0.29, 0.717) is 12.3 Å². The molecule has 0 aromatic heterocycles. The molecule has 2 amide bonds. The molecule has 0 aliphatic heterocycles. The number of rotatable bonds is 6. The number of anilines is 1. The van der Waals surface area contributed by atoms with Gasteiger partial charge in [-0.15, -0.1) is 0 Å². The quantitative estimate of drug-likeness (QED) is 0.819. The maximum absolute atomic E-state index is 11.9. The molecule has 3 N–H and O–H groups in total. The van der Waals surface area contributed by atoms with Crippen LogP contribution in [0.25, 0.3) is 0 Å². The number of carbonyl (C=O) groups is 2. The lowest BCUT2D eigenvalue weighted by Crippen LogP contribution is -2.38. The summed E-state index contributed by atoms with van der Waals surface area (Å²) >= 11 is 0. The number of nitrogens with one attached hydrogen (secondary N) is 1. The summed E-state index contributed by atoms with van der Waals surface area (Å²) in [5.41, 5.74) is 6.65. The SMILES string of the molecule is CN(CC(=O)Nc1ccccc1)C(=O)CC(N)C1CC1. The van der Waals surface area contributed by atoms with Crippen LogP contribution in [0.2, 0.25) is 0 Å². The number of nitrogens with two attached hydrogens (primary N) is 1. The zero-order valence-electron chi connectivity index (χ0n) is 11.7. The molecule has 1 aliphatic carbocycles. The molecule has 20 heavy (non-hydrogen) atoms. The van der Waals surface area contributed by atoms with Crippen LogP contribution < -0.4 is 11.1 Å². The Kier molecular flexibility index (Phi) is 4.74. The van der Waals surface area contributed by atoms with Crippen molar-refractivity contribution in [2.75, 3.05) is 18.9 Å². The molecule has 0 heterocycles. The highest BCUT2D eigenvalue weighted by molar-refractivity contribution is 5.94. The molecule has 1 aliphatic rings. The van der Waals surface area contributed by atoms with E-state index in [1.54, 1.807) is 7.05 Å². The summed E-state index contributed by atoms with van der Waals surface area (Å²) in [5.74, 6) is 0.213. The van der Waals surface area contributed by atoms with Crippen molar-refractivity contribution in [3.8, 4) is 0 Å². The van der Waals surface area contributed by atoms with E-state index in [9.17, 15) is 9.59 Å². The van der Waals surface area contributed by atoms with Gasteiger partial charge in [0.1, 0.15) is 0 Å². The summed E-state index contributed by atoms with van der Waals surface area (Å²) < 4.78 is 0. The van der Waals surface area contributed by atoms with Crippen molar-refractivity contribution in [1.82, 2.24) is 4.90 Å². The van der Waals surface area contributed by atoms with E-state index in [1.165, 1.54) is 4.90 Å². The van der Waals surface area contributed by atoms with Gasteiger partial charge in [-0.2, -0.15) is 0 Å². The first-order valence-corrected chi connectivity index (χ1v) is 6.90. The lowest BCUT2D eigenvalue weighted by Gasteiger charge is -2.19. The van der Waals surface area contributed by atoms with Gasteiger partial charge in [0.2, 0.25) is 11.8 Å². The second-order valence-corrected chi connectivity index (χ2v) is 5.37. The highest BCUT2D eigenvalue weighted by Crippen LogP contribution is 2.32. The van der Waals surface area contributed by atoms with Crippen molar-refractivity contribution in [2.24, 2.45) is 11.7 Å². The van der Waals surface area contributed by atoms with Gasteiger partial charge in [-0.25, -0.2) is 0 Å². The third-order valence-electron chi connectivity index (χ3n) is 3.50. The van der Waals surface area contributed by atoms with Gasteiger partial charge in [0, 0.05) is 25.2 Å². The van der Waals surface area contributed by atoms with E-state index >= 15 is 0 Å². The fourth-order valence-corrected chi connectivity index (χ4v) is 2.07. The van der Waals surface area contributed by atoms with Crippen molar-refractivity contribution in [3.63, 3.8) is 0 Å². The summed E-state index contributed by atoms with van der Waals surface area (Å²) in [5, 5.41) is 2.75. The monoisotopic (exact) mass is 275 g/mol. The predicted octanol–water partition coefficient (Wildman–Crippen LogP) is 1.21. The molecule has 1 aromatic carbocycles. The normalized spacial score (nSPS) is 15.5. The minimum atomic E-state index is -0.202. The highest BCUT2D eigenvalue weighted by atomic mass is 16.2. The van der Waals surface area contributed by atoms with Gasteiger partial charge in [-0.3, -0.25) is 9.59 Å². The average Bonchev–Trinajstić information content (AvgIpc) is 3.23. The Hall–Kier alpha value is -1.88. The molecule has 1 saturated carbocycles. The second kappa shape index (κ2) is 6.52. The zero-order chi connectivity index (χ0) is 14.5. The fraction of sp³-hybridized carbons (Fsp3) is 0.467. The molecule has 0 saturated heterocycles. The van der Waals surface area contributed by atoms with Crippen molar-refractivity contribution in [1.29, 1.82) is 0 Å². The number of hydrogen-bond acceptors (Lipinski definition) is 3. The number of hydrogen-bond donors (Lipinski definition) is 2. The molecular weight excluding hydrogens is 254 g/mol. The van der Waals surface area contributed by atoms with Crippen molar-refractivity contribution in [3.05, 3.63) is 30.3 Å². The number of carbonyl (C=O) groups excluding carboxylic acids is 2. The van der Waals surface area contributed by atoms with Crippen LogP contribution in [0.5, 0.6) is 0 Å². The van der Waals surface area contributed by atoms with Crippen LogP contribution in [0.15, 0.2) is 30.3 Å². The number of benzene rings is 1. The molecule has 5 heteroatoms. The van der Waals surface area contributed by atoms with Crippen LogP contribution in [0.3, 0.4) is 0 Å². The molecule has 1 aromatic rings. The van der Waals surface area contributed by atoms with Gasteiger partial charge in [0.25, 0.3) is 0 Å². The molecule has 1 unspecified atom stereocenters. The number of nitrogens with zero attached hydrogens (tertiary/aromatic N) is 1. The first-order valence-electron chi connectivity index (χ1n) is 6.90. The molecule has 0 spiro atoms. The van der Waals surface area contributed by atoms with Crippen LogP contribution in [0, 0.1) is 5.92 Å². The highest BCUT2D eigenvalue weighted by Gasteiger charge is 2.30. The lowest BCUT2D eigenvalue weighted by molar-refractivity contribution is -0.133. The van der Waals surface area contributed by atoms with Crippen LogP contribution in [0.4, 0.5) is 5.69 Å². The molecule has 5 nitrogen and oxygen atoms in total. The maximum atomic E-state index is 11.9. The van der Waals surface area contributed by atoms with Crippen molar-refractivity contribution in [2.45, 2.75) is 25.3 Å². The van der Waals surface area contributed by atoms with Gasteiger partial charge in [0.15, 0.2) is 0 Å². The maximum Gasteiger partial charge on any atom is 0.243 e. The van der Waals surface area contributed by atoms with Gasteiger partial charge in [-0.1, -0.05) is 18.2 Å². The first kappa shape index (κ1) is 14.5. The summed E-state index contributed by atoms with van der Waals surface area (Å²) in [7, 11) is 1.63. The van der Waals surface area contributed by atoms with Crippen molar-refractivity contribution < 1.29 is 9.59 Å². The Morgan fingerprint density at radius 1 is 1.35 bits per heavy atom. The third kappa shape index (κ3) is 4.35. The average molecular weight is 275 g/mol. The van der Waals surface area contributed by atoms with Gasteiger partial charge in [0.05, 0.1) is 6.54 Å². The Morgan fingerprint density at radius 2 is 2.00 bits per heavy atom. The lowest BCUT2D eigenvalue weighted by atomic mass is 10.1. The largest absolute Gasteiger partial charge is 0.336 e. The Bertz CT molecular complexity index is 471. The van der Waals surface area contributed by atoms with Crippen LogP contribution in [-0.2, 0) is 9.59 Å². The number of para-hydroxylation sites is 1. The standard InChI is InChI=1S/C15H21N3O2/c1-18(15(20)9-13(16)11-7-8-11)10-14(19)17-12-5-3-2-4-6-12/h2-6,11,13H,7-10,16H2,1H3,(H,17,19). The smallest absolute Gasteiger partial charge is 0.243 e. The van der Waals surface area contributed by atoms with E-state index in [-0.39, 0.29) is 24.4 Å².